The van der Waals surface area contributed by atoms with Gasteiger partial charge in [0.05, 0.1) is 4.90 Å². The fraction of sp³-hybridized carbons (Fsp3) is 0.167. The first kappa shape index (κ1) is 14.5. The maximum absolute atomic E-state index is 12.2. The SMILES string of the molecule is CCc1ccc(S(=O)(=O)Nc2ccnc(Cl)n2)cc1N. The zero-order valence-electron chi connectivity index (χ0n) is 10.7. The molecule has 0 fully saturated rings. The number of aryl methyl sites for hydroxylation is 1. The summed E-state index contributed by atoms with van der Waals surface area (Å²) in [5, 5.41) is -0.0361. The Morgan fingerprint density at radius 3 is 2.70 bits per heavy atom. The number of hydrogen-bond donors (Lipinski definition) is 2. The highest BCUT2D eigenvalue weighted by Gasteiger charge is 2.16. The lowest BCUT2D eigenvalue weighted by atomic mass is 10.1. The average molecular weight is 313 g/mol. The number of nitrogens with zero attached hydrogens (tertiary/aromatic N) is 2. The van der Waals surface area contributed by atoms with Crippen LogP contribution in [0.25, 0.3) is 0 Å². The summed E-state index contributed by atoms with van der Waals surface area (Å²) in [6, 6.07) is 6.02. The molecule has 0 aliphatic heterocycles. The Labute approximate surface area is 122 Å². The van der Waals surface area contributed by atoms with Gasteiger partial charge in [0.25, 0.3) is 10.0 Å². The fourth-order valence-corrected chi connectivity index (χ4v) is 2.83. The lowest BCUT2D eigenvalue weighted by Crippen LogP contribution is -2.14. The minimum Gasteiger partial charge on any atom is -0.398 e. The second kappa shape index (κ2) is 5.64. The highest BCUT2D eigenvalue weighted by atomic mass is 35.5. The normalized spacial score (nSPS) is 11.3. The van der Waals surface area contributed by atoms with Crippen LogP contribution in [0, 0.1) is 0 Å². The van der Waals surface area contributed by atoms with E-state index in [1.807, 2.05) is 6.92 Å². The van der Waals surface area contributed by atoms with E-state index in [1.165, 1.54) is 24.4 Å². The van der Waals surface area contributed by atoms with Crippen molar-refractivity contribution >= 4 is 33.1 Å². The van der Waals surface area contributed by atoms with Crippen LogP contribution in [0.2, 0.25) is 5.28 Å². The zero-order chi connectivity index (χ0) is 14.8. The van der Waals surface area contributed by atoms with Crippen LogP contribution in [0.3, 0.4) is 0 Å². The Morgan fingerprint density at radius 1 is 1.35 bits per heavy atom. The van der Waals surface area contributed by atoms with Crippen LogP contribution in [0.1, 0.15) is 12.5 Å². The van der Waals surface area contributed by atoms with Gasteiger partial charge in [-0.1, -0.05) is 13.0 Å². The molecule has 0 saturated carbocycles. The van der Waals surface area contributed by atoms with E-state index in [4.69, 9.17) is 17.3 Å². The molecule has 20 heavy (non-hydrogen) atoms. The van der Waals surface area contributed by atoms with Gasteiger partial charge in [-0.25, -0.2) is 13.4 Å². The first-order chi connectivity index (χ1) is 9.42. The van der Waals surface area contributed by atoms with E-state index in [-0.39, 0.29) is 16.0 Å². The Bertz CT molecular complexity index is 734. The topological polar surface area (TPSA) is 98.0 Å². The number of sulfonamides is 1. The van der Waals surface area contributed by atoms with E-state index in [9.17, 15) is 8.42 Å². The highest BCUT2D eigenvalue weighted by Crippen LogP contribution is 2.20. The van der Waals surface area contributed by atoms with Crippen LogP contribution >= 0.6 is 11.6 Å². The molecular weight excluding hydrogens is 300 g/mol. The van der Waals surface area contributed by atoms with E-state index >= 15 is 0 Å². The molecule has 1 aromatic carbocycles. The van der Waals surface area contributed by atoms with Gasteiger partial charge in [-0.2, -0.15) is 4.98 Å². The third-order valence-corrected chi connectivity index (χ3v) is 4.21. The van der Waals surface area contributed by atoms with Crippen LogP contribution in [-0.2, 0) is 16.4 Å². The number of aromatic nitrogens is 2. The molecule has 0 unspecified atom stereocenters. The summed E-state index contributed by atoms with van der Waals surface area (Å²) < 4.78 is 26.7. The van der Waals surface area contributed by atoms with Gasteiger partial charge in [-0.05, 0) is 41.8 Å². The molecule has 2 aromatic rings. The van der Waals surface area contributed by atoms with E-state index < -0.39 is 10.0 Å². The van der Waals surface area contributed by atoms with Crippen molar-refractivity contribution in [2.45, 2.75) is 18.2 Å². The maximum atomic E-state index is 12.2. The van der Waals surface area contributed by atoms with Crippen molar-refractivity contribution in [3.63, 3.8) is 0 Å². The number of nitrogens with two attached hydrogens (primary N) is 1. The summed E-state index contributed by atoms with van der Waals surface area (Å²) in [6.45, 7) is 1.95. The molecule has 0 aliphatic carbocycles. The highest BCUT2D eigenvalue weighted by molar-refractivity contribution is 7.92. The van der Waals surface area contributed by atoms with Crippen molar-refractivity contribution in [1.82, 2.24) is 9.97 Å². The number of nitrogens with one attached hydrogen (secondary N) is 1. The summed E-state index contributed by atoms with van der Waals surface area (Å²) in [7, 11) is -3.76. The molecule has 0 atom stereocenters. The van der Waals surface area contributed by atoms with Crippen LogP contribution in [0.15, 0.2) is 35.4 Å². The quantitative estimate of drug-likeness (QED) is 0.665. The lowest BCUT2D eigenvalue weighted by molar-refractivity contribution is 0.601. The number of anilines is 2. The molecule has 1 heterocycles. The number of nitrogen functional groups attached to an aromatic ring is 1. The van der Waals surface area contributed by atoms with Gasteiger partial charge in [-0.3, -0.25) is 4.72 Å². The third kappa shape index (κ3) is 3.17. The molecule has 6 nitrogen and oxygen atoms in total. The Hall–Kier alpha value is -1.86. The van der Waals surface area contributed by atoms with Crippen molar-refractivity contribution < 1.29 is 8.42 Å². The number of halogens is 1. The minimum atomic E-state index is -3.76. The molecule has 0 radical (unpaired) electrons. The van der Waals surface area contributed by atoms with Crippen molar-refractivity contribution in [2.75, 3.05) is 10.5 Å². The summed E-state index contributed by atoms with van der Waals surface area (Å²) in [6.07, 6.45) is 2.10. The molecule has 3 N–H and O–H groups in total. The Balaban J connectivity index is 2.33. The largest absolute Gasteiger partial charge is 0.398 e. The molecule has 0 bridgehead atoms. The second-order valence-corrected chi connectivity index (χ2v) is 6.05. The summed E-state index contributed by atoms with van der Waals surface area (Å²) in [4.78, 5) is 7.52. The van der Waals surface area contributed by atoms with Gasteiger partial charge in [0.2, 0.25) is 5.28 Å². The van der Waals surface area contributed by atoms with Crippen molar-refractivity contribution in [3.8, 4) is 0 Å². The van der Waals surface area contributed by atoms with E-state index in [1.54, 1.807) is 6.07 Å². The fourth-order valence-electron chi connectivity index (χ4n) is 1.65. The van der Waals surface area contributed by atoms with E-state index in [0.717, 1.165) is 12.0 Å². The summed E-state index contributed by atoms with van der Waals surface area (Å²) in [5.74, 6) is 0.100. The first-order valence-corrected chi connectivity index (χ1v) is 7.68. The van der Waals surface area contributed by atoms with Gasteiger partial charge >= 0.3 is 0 Å². The Kier molecular flexibility index (Phi) is 4.10. The summed E-state index contributed by atoms with van der Waals surface area (Å²) in [5.41, 5.74) is 7.15. The van der Waals surface area contributed by atoms with Crippen molar-refractivity contribution in [1.29, 1.82) is 0 Å². The molecule has 0 aliphatic rings. The number of benzene rings is 1. The standard InChI is InChI=1S/C12H13ClN4O2S/c1-2-8-3-4-9(7-10(8)14)20(18,19)17-11-5-6-15-12(13)16-11/h3-7H,2,14H2,1H3,(H,15,16,17). The van der Waals surface area contributed by atoms with Crippen molar-refractivity contribution in [3.05, 3.63) is 41.3 Å². The van der Waals surface area contributed by atoms with Gasteiger partial charge < -0.3 is 5.73 Å². The first-order valence-electron chi connectivity index (χ1n) is 5.82. The molecule has 106 valence electrons. The molecule has 0 amide bonds. The molecular formula is C12H13ClN4O2S. The average Bonchev–Trinajstić information content (AvgIpc) is 2.38. The minimum absolute atomic E-state index is 0.0361. The molecule has 0 spiro atoms. The number of rotatable bonds is 4. The van der Waals surface area contributed by atoms with Crippen LogP contribution in [0.5, 0.6) is 0 Å². The zero-order valence-corrected chi connectivity index (χ0v) is 12.2. The predicted octanol–water partition coefficient (Wildman–Crippen LogP) is 2.08. The van der Waals surface area contributed by atoms with Crippen molar-refractivity contribution in [2.24, 2.45) is 0 Å². The number of hydrogen-bond acceptors (Lipinski definition) is 5. The molecule has 2 rings (SSSR count). The molecule has 1 aromatic heterocycles. The van der Waals surface area contributed by atoms with E-state index in [0.29, 0.717) is 5.69 Å². The second-order valence-electron chi connectivity index (χ2n) is 4.03. The lowest BCUT2D eigenvalue weighted by Gasteiger charge is -2.09. The van der Waals surface area contributed by atoms with Gasteiger partial charge in [0.15, 0.2) is 0 Å². The maximum Gasteiger partial charge on any atom is 0.263 e. The van der Waals surface area contributed by atoms with Gasteiger partial charge in [0, 0.05) is 11.9 Å². The predicted molar refractivity (Wildman–Crippen MR) is 78.1 cm³/mol. The monoisotopic (exact) mass is 312 g/mol. The summed E-state index contributed by atoms with van der Waals surface area (Å²) >= 11 is 5.61. The van der Waals surface area contributed by atoms with Gasteiger partial charge in [-0.15, -0.1) is 0 Å². The smallest absolute Gasteiger partial charge is 0.263 e. The van der Waals surface area contributed by atoms with Crippen LogP contribution < -0.4 is 10.5 Å². The van der Waals surface area contributed by atoms with E-state index in [2.05, 4.69) is 14.7 Å². The molecule has 0 saturated heterocycles. The third-order valence-electron chi connectivity index (χ3n) is 2.67. The van der Waals surface area contributed by atoms with Crippen LogP contribution in [0.4, 0.5) is 11.5 Å². The van der Waals surface area contributed by atoms with Crippen LogP contribution in [-0.4, -0.2) is 18.4 Å². The molecule has 8 heteroatoms. The Morgan fingerprint density at radius 2 is 2.10 bits per heavy atom. The van der Waals surface area contributed by atoms with Gasteiger partial charge in [0.1, 0.15) is 5.82 Å².